The summed E-state index contributed by atoms with van der Waals surface area (Å²) >= 11 is 0. The monoisotopic (exact) mass is 739 g/mol. The fraction of sp³-hybridized carbons (Fsp3) is 0.786. The number of nitrogens with two attached hydrogens (primary N) is 1. The smallest absolute Gasteiger partial charge is 0.290 e. The molecule has 5 aliphatic carbocycles. The largest absolute Gasteiger partial charge is 0.483 e. The summed E-state index contributed by atoms with van der Waals surface area (Å²) in [5.41, 5.74) is 4.32. The molecule has 3 fully saturated rings. The molecule has 11 nitrogen and oxygen atoms in total. The Morgan fingerprint density at radius 2 is 1.53 bits per heavy atom. The summed E-state index contributed by atoms with van der Waals surface area (Å²) in [7, 11) is 0. The maximum Gasteiger partial charge on any atom is 0.290 e. The third-order valence-electron chi connectivity index (χ3n) is 14.3. The molecule has 5 rings (SSSR count). The SMILES string of the molecule is CC1(C)CC[C@]2(C(=O)NCCCOCCOCCOCCCN)CC[C@]3(C)[C@H](C(=O)C=C4[C@@]5(C)C=C(C#N)C(=O)C(C)(C)[C@@H]5CC[C@]43C)[C@@H]2C1.O=CO. The molecule has 7 atom stereocenters. The fourth-order valence-corrected chi connectivity index (χ4v) is 11.3. The summed E-state index contributed by atoms with van der Waals surface area (Å²) in [5.74, 6) is -0.178. The number of allylic oxidation sites excluding steroid dienone is 4. The van der Waals surface area contributed by atoms with E-state index in [0.717, 1.165) is 56.9 Å². The van der Waals surface area contributed by atoms with Crippen molar-refractivity contribution in [3.8, 4) is 6.07 Å². The minimum Gasteiger partial charge on any atom is -0.483 e. The zero-order chi connectivity index (χ0) is 39.3. The van der Waals surface area contributed by atoms with Crippen LogP contribution in [0.2, 0.25) is 0 Å². The first kappa shape index (κ1) is 42.8. The molecule has 0 aliphatic heterocycles. The van der Waals surface area contributed by atoms with Gasteiger partial charge in [0.15, 0.2) is 11.6 Å². The second-order valence-electron chi connectivity index (χ2n) is 18.1. The van der Waals surface area contributed by atoms with E-state index in [2.05, 4.69) is 46.0 Å². The minimum absolute atomic E-state index is 0.0108. The summed E-state index contributed by atoms with van der Waals surface area (Å²) in [6, 6.07) is 2.20. The summed E-state index contributed by atoms with van der Waals surface area (Å²) in [4.78, 5) is 50.8. The molecule has 0 unspecified atom stereocenters. The molecule has 5 aliphatic rings. The minimum atomic E-state index is -0.691. The van der Waals surface area contributed by atoms with Crippen molar-refractivity contribution in [2.45, 2.75) is 106 Å². The molecule has 3 saturated carbocycles. The molecule has 11 heteroatoms. The topological polar surface area (TPSA) is 178 Å². The number of fused-ring (bicyclic) bond motifs is 7. The highest BCUT2D eigenvalue weighted by atomic mass is 16.5. The van der Waals surface area contributed by atoms with Crippen molar-refractivity contribution < 1.29 is 38.5 Å². The van der Waals surface area contributed by atoms with Gasteiger partial charge < -0.3 is 30.4 Å². The second kappa shape index (κ2) is 16.8. The van der Waals surface area contributed by atoms with Crippen molar-refractivity contribution >= 4 is 23.9 Å². The van der Waals surface area contributed by atoms with Crippen molar-refractivity contribution in [3.05, 3.63) is 23.3 Å². The number of ketones is 2. The number of rotatable bonds is 14. The lowest BCUT2D eigenvalue weighted by molar-refractivity contribution is -0.178. The summed E-state index contributed by atoms with van der Waals surface area (Å²) in [5, 5.41) is 20.2. The highest BCUT2D eigenvalue weighted by Gasteiger charge is 2.70. The van der Waals surface area contributed by atoms with Crippen LogP contribution in [0, 0.1) is 61.6 Å². The Balaban J connectivity index is 0.00000202. The Morgan fingerprint density at radius 3 is 2.13 bits per heavy atom. The summed E-state index contributed by atoms with van der Waals surface area (Å²) < 4.78 is 16.7. The summed E-state index contributed by atoms with van der Waals surface area (Å²) in [6.45, 7) is 19.5. The Bertz CT molecular complexity index is 1480. The average Bonchev–Trinajstić information content (AvgIpc) is 3.09. The van der Waals surface area contributed by atoms with E-state index in [9.17, 15) is 19.6 Å². The maximum absolute atomic E-state index is 14.7. The zero-order valence-corrected chi connectivity index (χ0v) is 33.3. The lowest BCUT2D eigenvalue weighted by atomic mass is 9.34. The van der Waals surface area contributed by atoms with Gasteiger partial charge in [-0.2, -0.15) is 5.26 Å². The Hall–Kier alpha value is -2.91. The van der Waals surface area contributed by atoms with Gasteiger partial charge in [0.2, 0.25) is 5.91 Å². The van der Waals surface area contributed by atoms with Gasteiger partial charge in [0, 0.05) is 36.5 Å². The Kier molecular flexibility index (Phi) is 13.6. The molecule has 0 bridgehead atoms. The molecule has 0 aromatic heterocycles. The van der Waals surface area contributed by atoms with Crippen LogP contribution < -0.4 is 11.1 Å². The number of amides is 1. The van der Waals surface area contributed by atoms with Gasteiger partial charge in [-0.15, -0.1) is 0 Å². The number of hydrogen-bond donors (Lipinski definition) is 3. The van der Waals surface area contributed by atoms with E-state index in [-0.39, 0.29) is 63.5 Å². The number of carbonyl (C=O) groups is 4. The molecule has 0 radical (unpaired) electrons. The van der Waals surface area contributed by atoms with E-state index >= 15 is 0 Å². The predicted octanol–water partition coefficient (Wildman–Crippen LogP) is 5.81. The van der Waals surface area contributed by atoms with Gasteiger partial charge in [-0.3, -0.25) is 19.2 Å². The number of nitriles is 1. The molecule has 4 N–H and O–H groups in total. The quantitative estimate of drug-likeness (QED) is 0.145. The van der Waals surface area contributed by atoms with Crippen LogP contribution >= 0.6 is 0 Å². The van der Waals surface area contributed by atoms with E-state index in [1.807, 2.05) is 26.0 Å². The second-order valence-corrected chi connectivity index (χ2v) is 18.1. The van der Waals surface area contributed by atoms with Gasteiger partial charge in [0.05, 0.1) is 37.4 Å². The number of nitrogens with one attached hydrogen (secondary N) is 1. The fourth-order valence-electron chi connectivity index (χ4n) is 11.3. The average molecular weight is 740 g/mol. The maximum atomic E-state index is 14.7. The van der Waals surface area contributed by atoms with Crippen LogP contribution in [0.25, 0.3) is 0 Å². The molecular weight excluding hydrogens is 674 g/mol. The van der Waals surface area contributed by atoms with Crippen molar-refractivity contribution in [3.63, 3.8) is 0 Å². The van der Waals surface area contributed by atoms with Crippen molar-refractivity contribution in [1.29, 1.82) is 5.26 Å². The molecule has 0 spiro atoms. The first-order valence-corrected chi connectivity index (χ1v) is 19.7. The summed E-state index contributed by atoms with van der Waals surface area (Å²) in [6.07, 6.45) is 11.3. The third kappa shape index (κ3) is 7.94. The Morgan fingerprint density at radius 1 is 0.943 bits per heavy atom. The van der Waals surface area contributed by atoms with E-state index in [1.54, 1.807) is 0 Å². The lowest BCUT2D eigenvalue weighted by Crippen LogP contribution is -2.66. The third-order valence-corrected chi connectivity index (χ3v) is 14.3. The van der Waals surface area contributed by atoms with E-state index < -0.39 is 16.2 Å². The number of nitrogens with zero attached hydrogens (tertiary/aromatic N) is 1. The van der Waals surface area contributed by atoms with Gasteiger partial charge in [-0.25, -0.2) is 0 Å². The number of carbonyl (C=O) groups excluding carboxylic acids is 3. The first-order valence-electron chi connectivity index (χ1n) is 19.7. The Labute approximate surface area is 316 Å². The van der Waals surface area contributed by atoms with Crippen molar-refractivity contribution in [2.75, 3.05) is 52.7 Å². The van der Waals surface area contributed by atoms with Gasteiger partial charge in [-0.05, 0) is 98.5 Å². The van der Waals surface area contributed by atoms with E-state index in [0.29, 0.717) is 59.2 Å². The highest BCUT2D eigenvalue weighted by molar-refractivity contribution is 6.04. The van der Waals surface area contributed by atoms with Crippen LogP contribution in [0.3, 0.4) is 0 Å². The molecule has 296 valence electrons. The molecule has 0 heterocycles. The standard InChI is InChI=1S/C41H63N3O6.CH2O2/c1-36(2)12-14-41(35(47)44-17-9-19-49-21-23-50-22-20-48-18-8-16-42)15-13-40(7)33(29(41)26-36)30(45)24-32-38(5)25-28(27-43)34(46)37(3,4)31(38)10-11-39(32,40)6;2-1-3/h24-25,29,31,33H,8-23,26,42H2,1-7H3,(H,44,47);1H,(H,2,3)/t29-,31-,33-,38-,39+,40+,41-;/m0./s1. The molecule has 0 saturated heterocycles. The van der Waals surface area contributed by atoms with Gasteiger partial charge in [-0.1, -0.05) is 60.1 Å². The van der Waals surface area contributed by atoms with Crippen LogP contribution in [0.4, 0.5) is 0 Å². The zero-order valence-electron chi connectivity index (χ0n) is 33.3. The first-order chi connectivity index (χ1) is 25.0. The predicted molar refractivity (Wildman–Crippen MR) is 201 cm³/mol. The molecule has 1 amide bonds. The number of carboxylic acid groups (broad SMARTS) is 1. The normalized spacial score (nSPS) is 35.0. The van der Waals surface area contributed by atoms with Crippen LogP contribution in [-0.4, -0.2) is 81.8 Å². The van der Waals surface area contributed by atoms with Crippen LogP contribution in [0.1, 0.15) is 106 Å². The van der Waals surface area contributed by atoms with Crippen LogP contribution in [0.5, 0.6) is 0 Å². The van der Waals surface area contributed by atoms with Crippen LogP contribution in [-0.2, 0) is 33.4 Å². The number of ether oxygens (including phenoxy) is 3. The molecule has 0 aromatic carbocycles. The van der Waals surface area contributed by atoms with E-state index in [1.165, 1.54) is 0 Å². The van der Waals surface area contributed by atoms with Crippen molar-refractivity contribution in [1.82, 2.24) is 5.32 Å². The lowest BCUT2D eigenvalue weighted by Gasteiger charge is -2.69. The number of Topliss-reactive ketones (excluding diaryl/α,β-unsaturated/α-hetero) is 1. The number of hydrogen-bond acceptors (Lipinski definition) is 9. The molecule has 53 heavy (non-hydrogen) atoms. The van der Waals surface area contributed by atoms with Crippen LogP contribution in [0.15, 0.2) is 23.3 Å². The highest BCUT2D eigenvalue weighted by Crippen LogP contribution is 2.74. The molecule has 0 aromatic rings. The molecular formula is C42H65N3O8. The van der Waals surface area contributed by atoms with Gasteiger partial charge in [0.25, 0.3) is 6.47 Å². The van der Waals surface area contributed by atoms with Crippen molar-refractivity contribution in [2.24, 2.45) is 56.0 Å². The van der Waals surface area contributed by atoms with Gasteiger partial charge in [0.1, 0.15) is 6.07 Å². The van der Waals surface area contributed by atoms with Gasteiger partial charge >= 0.3 is 0 Å². The van der Waals surface area contributed by atoms with E-state index in [4.69, 9.17) is 29.8 Å².